The van der Waals surface area contributed by atoms with Crippen molar-refractivity contribution in [3.05, 3.63) is 76.2 Å². The molecule has 160 valence electrons. The van der Waals surface area contributed by atoms with Crippen molar-refractivity contribution in [1.29, 1.82) is 0 Å². The average Bonchev–Trinajstić information content (AvgIpc) is 3.23. The van der Waals surface area contributed by atoms with Crippen molar-refractivity contribution in [2.24, 2.45) is 0 Å². The van der Waals surface area contributed by atoms with Crippen molar-refractivity contribution in [2.45, 2.75) is 19.4 Å². The van der Waals surface area contributed by atoms with Gasteiger partial charge in [0.05, 0.1) is 6.04 Å². The number of halogens is 1. The Balaban J connectivity index is 1.46. The molecule has 3 aromatic rings. The summed E-state index contributed by atoms with van der Waals surface area (Å²) in [5.41, 5.74) is 1.87. The number of benzene rings is 2. The maximum atomic E-state index is 12.9. The van der Waals surface area contributed by atoms with Gasteiger partial charge < -0.3 is 24.5 Å². The van der Waals surface area contributed by atoms with Gasteiger partial charge in [0.25, 0.3) is 11.8 Å². The molecule has 1 unspecified atom stereocenters. The first-order valence-electron chi connectivity index (χ1n) is 9.90. The fourth-order valence-electron chi connectivity index (χ4n) is 3.31. The molecule has 0 aliphatic carbocycles. The summed E-state index contributed by atoms with van der Waals surface area (Å²) < 4.78 is 16.9. The molecule has 0 fully saturated rings. The normalized spacial score (nSPS) is 13.4. The number of rotatable bonds is 6. The lowest BCUT2D eigenvalue weighted by Gasteiger charge is -2.22. The van der Waals surface area contributed by atoms with Crippen LogP contribution in [0, 0.1) is 0 Å². The minimum Gasteiger partial charge on any atom is -0.486 e. The highest BCUT2D eigenvalue weighted by atomic mass is 79.9. The molecule has 2 aromatic carbocycles. The Bertz CT molecular complexity index is 1110. The molecule has 8 heteroatoms. The van der Waals surface area contributed by atoms with E-state index in [2.05, 4.69) is 26.6 Å². The summed E-state index contributed by atoms with van der Waals surface area (Å²) in [7, 11) is 0. The number of carbonyl (C=O) groups is 2. The van der Waals surface area contributed by atoms with Crippen molar-refractivity contribution in [1.82, 2.24) is 5.32 Å². The van der Waals surface area contributed by atoms with E-state index in [1.54, 1.807) is 36.4 Å². The highest BCUT2D eigenvalue weighted by Crippen LogP contribution is 2.33. The zero-order valence-electron chi connectivity index (χ0n) is 16.8. The molecule has 1 atom stereocenters. The van der Waals surface area contributed by atoms with Gasteiger partial charge in [-0.2, -0.15) is 0 Å². The third kappa shape index (κ3) is 4.91. The average molecular weight is 485 g/mol. The molecule has 0 spiro atoms. The molecule has 2 heterocycles. The van der Waals surface area contributed by atoms with Crippen LogP contribution in [0.4, 0.5) is 5.69 Å². The van der Waals surface area contributed by atoms with Crippen LogP contribution in [0.15, 0.2) is 63.7 Å². The maximum absolute atomic E-state index is 12.9. The lowest BCUT2D eigenvalue weighted by Crippen LogP contribution is -2.28. The Morgan fingerprint density at radius 1 is 1.00 bits per heavy atom. The van der Waals surface area contributed by atoms with Gasteiger partial charge >= 0.3 is 0 Å². The van der Waals surface area contributed by atoms with Crippen LogP contribution in [-0.2, 0) is 0 Å². The summed E-state index contributed by atoms with van der Waals surface area (Å²) >= 11 is 3.17. The number of hydrogen-bond donors (Lipinski definition) is 2. The fourth-order valence-corrected chi connectivity index (χ4v) is 3.61. The number of ether oxygens (including phenoxy) is 2. The van der Waals surface area contributed by atoms with E-state index in [1.807, 2.05) is 25.1 Å². The lowest BCUT2D eigenvalue weighted by molar-refractivity contribution is 0.0933. The second-order valence-corrected chi connectivity index (χ2v) is 7.76. The molecule has 1 aliphatic rings. The molecule has 0 saturated carbocycles. The van der Waals surface area contributed by atoms with Crippen LogP contribution < -0.4 is 20.1 Å². The first-order valence-corrected chi connectivity index (χ1v) is 10.7. The molecule has 4 rings (SSSR count). The second kappa shape index (κ2) is 9.26. The predicted octanol–water partition coefficient (Wildman–Crippen LogP) is 4.95. The Morgan fingerprint density at radius 3 is 2.55 bits per heavy atom. The maximum Gasteiger partial charge on any atom is 0.291 e. The van der Waals surface area contributed by atoms with Gasteiger partial charge in [0.2, 0.25) is 0 Å². The molecule has 0 saturated heterocycles. The summed E-state index contributed by atoms with van der Waals surface area (Å²) in [5, 5.41) is 5.78. The van der Waals surface area contributed by atoms with E-state index >= 15 is 0 Å². The van der Waals surface area contributed by atoms with Gasteiger partial charge in [0, 0.05) is 11.3 Å². The van der Waals surface area contributed by atoms with Crippen molar-refractivity contribution >= 4 is 33.4 Å². The second-order valence-electron chi connectivity index (χ2n) is 6.98. The summed E-state index contributed by atoms with van der Waals surface area (Å²) in [6, 6.07) is 15.5. The summed E-state index contributed by atoms with van der Waals surface area (Å²) in [6.45, 7) is 3.04. The first-order chi connectivity index (χ1) is 15.0. The zero-order valence-corrected chi connectivity index (χ0v) is 18.4. The predicted molar refractivity (Wildman–Crippen MR) is 119 cm³/mol. The van der Waals surface area contributed by atoms with E-state index in [0.29, 0.717) is 47.1 Å². The highest BCUT2D eigenvalue weighted by molar-refractivity contribution is 9.10. The number of anilines is 1. The molecule has 2 N–H and O–H groups in total. The van der Waals surface area contributed by atoms with Crippen molar-refractivity contribution in [2.75, 3.05) is 18.5 Å². The van der Waals surface area contributed by atoms with Crippen LogP contribution in [0.2, 0.25) is 0 Å². The first kappa shape index (κ1) is 21.0. The van der Waals surface area contributed by atoms with Gasteiger partial charge in [0.1, 0.15) is 13.2 Å². The third-order valence-corrected chi connectivity index (χ3v) is 5.29. The Labute approximate surface area is 187 Å². The number of hydrogen-bond acceptors (Lipinski definition) is 5. The Morgan fingerprint density at radius 2 is 1.81 bits per heavy atom. The van der Waals surface area contributed by atoms with Crippen molar-refractivity contribution in [3.8, 4) is 11.5 Å². The quantitative estimate of drug-likeness (QED) is 0.516. The summed E-state index contributed by atoms with van der Waals surface area (Å²) in [5.74, 6) is 0.935. The smallest absolute Gasteiger partial charge is 0.291 e. The highest BCUT2D eigenvalue weighted by Gasteiger charge is 2.19. The third-order valence-electron chi connectivity index (χ3n) is 4.86. The molecule has 1 aliphatic heterocycles. The zero-order chi connectivity index (χ0) is 21.8. The molecule has 2 amide bonds. The van der Waals surface area contributed by atoms with Crippen molar-refractivity contribution < 1.29 is 23.5 Å². The monoisotopic (exact) mass is 484 g/mol. The van der Waals surface area contributed by atoms with Gasteiger partial charge in [-0.3, -0.25) is 9.59 Å². The van der Waals surface area contributed by atoms with Gasteiger partial charge in [-0.05, 0) is 70.4 Å². The number of nitrogens with one attached hydrogen (secondary N) is 2. The standard InChI is InChI=1S/C23H21BrN2O5/c1-2-17(14-6-7-18-20(13-14)30-11-10-29-18)26-22(27)15-4-3-5-16(12-15)25-23(28)19-8-9-21(24)31-19/h3-9,12-13,17H,2,10-11H2,1H3,(H,25,28)(H,26,27). The summed E-state index contributed by atoms with van der Waals surface area (Å²) in [6.07, 6.45) is 0.704. The lowest BCUT2D eigenvalue weighted by atomic mass is 10.0. The van der Waals surface area contributed by atoms with Crippen LogP contribution in [0.5, 0.6) is 11.5 Å². The molecule has 31 heavy (non-hydrogen) atoms. The largest absolute Gasteiger partial charge is 0.486 e. The molecule has 0 radical (unpaired) electrons. The van der Waals surface area contributed by atoms with Crippen LogP contribution in [-0.4, -0.2) is 25.0 Å². The number of fused-ring (bicyclic) bond motifs is 1. The van der Waals surface area contributed by atoms with Crippen LogP contribution in [0.25, 0.3) is 0 Å². The van der Waals surface area contributed by atoms with E-state index in [0.717, 1.165) is 5.56 Å². The van der Waals surface area contributed by atoms with E-state index in [1.165, 1.54) is 0 Å². The van der Waals surface area contributed by atoms with Gasteiger partial charge in [0.15, 0.2) is 21.9 Å². The molecule has 7 nitrogen and oxygen atoms in total. The SMILES string of the molecule is CCC(NC(=O)c1cccc(NC(=O)c2ccc(Br)o2)c1)c1ccc2c(c1)OCCO2. The van der Waals surface area contributed by atoms with Gasteiger partial charge in [-0.1, -0.05) is 19.1 Å². The van der Waals surface area contributed by atoms with Crippen LogP contribution >= 0.6 is 15.9 Å². The number of furan rings is 1. The molecule has 0 bridgehead atoms. The van der Waals surface area contributed by atoms with Gasteiger partial charge in [-0.25, -0.2) is 0 Å². The van der Waals surface area contributed by atoms with E-state index in [4.69, 9.17) is 13.9 Å². The number of carbonyl (C=O) groups excluding carboxylic acids is 2. The number of amides is 2. The summed E-state index contributed by atoms with van der Waals surface area (Å²) in [4.78, 5) is 25.2. The van der Waals surface area contributed by atoms with Crippen molar-refractivity contribution in [3.63, 3.8) is 0 Å². The fraction of sp³-hybridized carbons (Fsp3) is 0.217. The topological polar surface area (TPSA) is 89.8 Å². The van der Waals surface area contributed by atoms with E-state index in [9.17, 15) is 9.59 Å². The Kier molecular flexibility index (Phi) is 6.27. The van der Waals surface area contributed by atoms with E-state index in [-0.39, 0.29) is 17.7 Å². The molecular formula is C23H21BrN2O5. The minimum atomic E-state index is -0.397. The minimum absolute atomic E-state index is 0.173. The van der Waals surface area contributed by atoms with E-state index < -0.39 is 5.91 Å². The van der Waals surface area contributed by atoms with Gasteiger partial charge in [-0.15, -0.1) is 0 Å². The van der Waals surface area contributed by atoms with Crippen LogP contribution in [0.1, 0.15) is 45.9 Å². The molecular weight excluding hydrogens is 464 g/mol. The van der Waals surface area contributed by atoms with Crippen LogP contribution in [0.3, 0.4) is 0 Å². The molecule has 1 aromatic heterocycles. The Hall–Kier alpha value is -3.26.